The lowest BCUT2D eigenvalue weighted by atomic mass is 9.79. The highest BCUT2D eigenvalue weighted by Crippen LogP contribution is 2.31. The highest BCUT2D eigenvalue weighted by molar-refractivity contribution is 6.07. The van der Waals surface area contributed by atoms with Crippen molar-refractivity contribution in [2.45, 2.75) is 39.2 Å². The van der Waals surface area contributed by atoms with Gasteiger partial charge in [-0.3, -0.25) is 14.9 Å². The monoisotopic (exact) mass is 329 g/mol. The average Bonchev–Trinajstić information content (AvgIpc) is 2.83. The van der Waals surface area contributed by atoms with Gasteiger partial charge in [-0.1, -0.05) is 12.1 Å². The van der Waals surface area contributed by atoms with Gasteiger partial charge in [-0.15, -0.1) is 0 Å². The summed E-state index contributed by atoms with van der Waals surface area (Å²) in [6, 6.07) is 5.33. The third-order valence-corrected chi connectivity index (χ3v) is 5.51. The molecule has 6 nitrogen and oxygen atoms in total. The van der Waals surface area contributed by atoms with E-state index < -0.39 is 11.6 Å². The molecule has 128 valence electrons. The van der Waals surface area contributed by atoms with Crippen LogP contribution in [0.1, 0.15) is 41.3 Å². The number of carbonyl (C=O) groups is 3. The molecule has 0 saturated carbocycles. The number of nitrogens with zero attached hydrogens (tertiary/aromatic N) is 1. The summed E-state index contributed by atoms with van der Waals surface area (Å²) >= 11 is 0. The zero-order valence-corrected chi connectivity index (χ0v) is 14.3. The molecule has 4 amide bonds. The van der Waals surface area contributed by atoms with Gasteiger partial charge in [0, 0.05) is 18.7 Å². The van der Waals surface area contributed by atoms with Gasteiger partial charge < -0.3 is 10.2 Å². The molecular formula is C18H23N3O3. The second-order valence-corrected chi connectivity index (χ2v) is 6.92. The van der Waals surface area contributed by atoms with E-state index in [4.69, 9.17) is 0 Å². The van der Waals surface area contributed by atoms with Gasteiger partial charge in [-0.25, -0.2) is 4.79 Å². The lowest BCUT2D eigenvalue weighted by Gasteiger charge is -2.38. The molecule has 1 atom stereocenters. The minimum Gasteiger partial charge on any atom is -0.339 e. The van der Waals surface area contributed by atoms with Crippen molar-refractivity contribution in [3.8, 4) is 0 Å². The van der Waals surface area contributed by atoms with Crippen molar-refractivity contribution >= 4 is 17.8 Å². The number of hydrogen-bond acceptors (Lipinski definition) is 3. The molecule has 3 rings (SSSR count). The summed E-state index contributed by atoms with van der Waals surface area (Å²) in [5.74, 6) is -0.196. The van der Waals surface area contributed by atoms with Crippen molar-refractivity contribution in [2.24, 2.45) is 5.92 Å². The fourth-order valence-corrected chi connectivity index (χ4v) is 3.66. The topological polar surface area (TPSA) is 78.5 Å². The van der Waals surface area contributed by atoms with Crippen LogP contribution in [-0.2, 0) is 4.79 Å². The fraction of sp³-hybridized carbons (Fsp3) is 0.500. The van der Waals surface area contributed by atoms with E-state index in [1.807, 2.05) is 36.9 Å². The SMILES string of the molecule is Cc1cccc(C(=O)N2CCC([C@@]3(C)NC(=O)NC3=O)CC2)c1C. The van der Waals surface area contributed by atoms with Gasteiger partial charge in [0.15, 0.2) is 0 Å². The van der Waals surface area contributed by atoms with Crippen molar-refractivity contribution in [1.82, 2.24) is 15.5 Å². The summed E-state index contributed by atoms with van der Waals surface area (Å²) in [6.07, 6.45) is 1.39. The number of imide groups is 1. The number of benzene rings is 1. The molecule has 1 aromatic rings. The number of urea groups is 1. The molecule has 0 radical (unpaired) electrons. The van der Waals surface area contributed by atoms with Crippen LogP contribution in [0.3, 0.4) is 0 Å². The molecule has 2 heterocycles. The molecule has 2 fully saturated rings. The van der Waals surface area contributed by atoms with Gasteiger partial charge in [-0.2, -0.15) is 0 Å². The zero-order valence-electron chi connectivity index (χ0n) is 14.3. The third-order valence-electron chi connectivity index (χ3n) is 5.51. The van der Waals surface area contributed by atoms with Crippen molar-refractivity contribution in [1.29, 1.82) is 0 Å². The smallest absolute Gasteiger partial charge is 0.322 e. The molecule has 0 spiro atoms. The van der Waals surface area contributed by atoms with Crippen LogP contribution in [0.4, 0.5) is 4.79 Å². The van der Waals surface area contributed by atoms with Crippen molar-refractivity contribution in [2.75, 3.05) is 13.1 Å². The van der Waals surface area contributed by atoms with Crippen molar-refractivity contribution in [3.63, 3.8) is 0 Å². The van der Waals surface area contributed by atoms with E-state index >= 15 is 0 Å². The van der Waals surface area contributed by atoms with Crippen LogP contribution in [0.2, 0.25) is 0 Å². The normalized spacial score (nSPS) is 24.7. The fourth-order valence-electron chi connectivity index (χ4n) is 3.66. The van der Waals surface area contributed by atoms with E-state index in [0.29, 0.717) is 25.9 Å². The molecule has 0 bridgehead atoms. The van der Waals surface area contributed by atoms with Crippen LogP contribution in [0.15, 0.2) is 18.2 Å². The van der Waals surface area contributed by atoms with E-state index in [1.54, 1.807) is 6.92 Å². The predicted octanol–water partition coefficient (Wildman–Crippen LogP) is 1.75. The number of amides is 4. The maximum absolute atomic E-state index is 12.8. The van der Waals surface area contributed by atoms with E-state index in [-0.39, 0.29) is 17.7 Å². The first kappa shape index (κ1) is 16.5. The highest BCUT2D eigenvalue weighted by atomic mass is 16.2. The van der Waals surface area contributed by atoms with Crippen LogP contribution in [0.5, 0.6) is 0 Å². The number of nitrogens with one attached hydrogen (secondary N) is 2. The van der Waals surface area contributed by atoms with Gasteiger partial charge in [0.05, 0.1) is 0 Å². The van der Waals surface area contributed by atoms with Crippen LogP contribution >= 0.6 is 0 Å². The maximum Gasteiger partial charge on any atom is 0.322 e. The van der Waals surface area contributed by atoms with Crippen LogP contribution in [-0.4, -0.2) is 41.4 Å². The molecule has 0 aromatic heterocycles. The molecule has 2 saturated heterocycles. The quantitative estimate of drug-likeness (QED) is 0.812. The Labute approximate surface area is 141 Å². The maximum atomic E-state index is 12.8. The molecular weight excluding hydrogens is 306 g/mol. The van der Waals surface area contributed by atoms with Gasteiger partial charge in [-0.05, 0) is 56.7 Å². The van der Waals surface area contributed by atoms with Gasteiger partial charge in [0.25, 0.3) is 11.8 Å². The minimum absolute atomic E-state index is 0.0339. The Balaban J connectivity index is 1.69. The Morgan fingerprint density at radius 1 is 1.21 bits per heavy atom. The summed E-state index contributed by atoms with van der Waals surface area (Å²) in [4.78, 5) is 38.1. The highest BCUT2D eigenvalue weighted by Gasteiger charge is 2.48. The summed E-state index contributed by atoms with van der Waals surface area (Å²) in [6.45, 7) is 6.92. The number of carbonyl (C=O) groups excluding carboxylic acids is 3. The summed E-state index contributed by atoms with van der Waals surface area (Å²) in [5.41, 5.74) is 1.99. The molecule has 2 aliphatic heterocycles. The number of hydrogen-bond donors (Lipinski definition) is 2. The molecule has 1 aromatic carbocycles. The van der Waals surface area contributed by atoms with E-state index in [1.165, 1.54) is 0 Å². The predicted molar refractivity (Wildman–Crippen MR) is 89.6 cm³/mol. The third kappa shape index (κ3) is 2.66. The zero-order chi connectivity index (χ0) is 17.5. The summed E-state index contributed by atoms with van der Waals surface area (Å²) in [5, 5.41) is 5.05. The Kier molecular flexibility index (Phi) is 4.07. The lowest BCUT2D eigenvalue weighted by Crippen LogP contribution is -2.54. The lowest BCUT2D eigenvalue weighted by molar-refractivity contribution is -0.125. The number of rotatable bonds is 2. The Morgan fingerprint density at radius 3 is 2.46 bits per heavy atom. The standard InChI is InChI=1S/C18H23N3O3/c1-11-5-4-6-14(12(11)2)15(22)21-9-7-13(8-10-21)18(3)16(23)19-17(24)20-18/h4-6,13H,7-10H2,1-3H3,(H2,19,20,23,24)/t18-/m1/s1. The second-order valence-electron chi connectivity index (χ2n) is 6.92. The number of piperidine rings is 1. The van der Waals surface area contributed by atoms with E-state index in [2.05, 4.69) is 10.6 Å². The molecule has 24 heavy (non-hydrogen) atoms. The first-order valence-corrected chi connectivity index (χ1v) is 8.32. The van der Waals surface area contributed by atoms with E-state index in [0.717, 1.165) is 16.7 Å². The van der Waals surface area contributed by atoms with E-state index in [9.17, 15) is 14.4 Å². The second kappa shape index (κ2) is 5.92. The summed E-state index contributed by atoms with van der Waals surface area (Å²) < 4.78 is 0. The van der Waals surface area contributed by atoms with Crippen molar-refractivity contribution in [3.05, 3.63) is 34.9 Å². The molecule has 0 aliphatic carbocycles. The summed E-state index contributed by atoms with van der Waals surface area (Å²) in [7, 11) is 0. The Hall–Kier alpha value is -2.37. The Morgan fingerprint density at radius 2 is 1.88 bits per heavy atom. The molecule has 2 N–H and O–H groups in total. The molecule has 0 unspecified atom stereocenters. The van der Waals surface area contributed by atoms with Gasteiger partial charge in [0.1, 0.15) is 5.54 Å². The largest absolute Gasteiger partial charge is 0.339 e. The minimum atomic E-state index is -0.870. The van der Waals surface area contributed by atoms with Crippen LogP contribution in [0.25, 0.3) is 0 Å². The van der Waals surface area contributed by atoms with Gasteiger partial charge >= 0.3 is 6.03 Å². The molecule has 6 heteroatoms. The first-order chi connectivity index (χ1) is 11.3. The Bertz CT molecular complexity index is 707. The van der Waals surface area contributed by atoms with Crippen molar-refractivity contribution < 1.29 is 14.4 Å². The van der Waals surface area contributed by atoms with Crippen LogP contribution in [0, 0.1) is 19.8 Å². The first-order valence-electron chi connectivity index (χ1n) is 8.32. The van der Waals surface area contributed by atoms with Gasteiger partial charge in [0.2, 0.25) is 0 Å². The number of aryl methyl sites for hydroxylation is 1. The van der Waals surface area contributed by atoms with Crippen LogP contribution < -0.4 is 10.6 Å². The average molecular weight is 329 g/mol. The molecule has 2 aliphatic rings. The number of likely N-dealkylation sites (tertiary alicyclic amines) is 1.